The number of benzene rings is 1. The summed E-state index contributed by atoms with van der Waals surface area (Å²) in [4.78, 5) is 2.56. The Morgan fingerprint density at radius 2 is 1.90 bits per heavy atom. The van der Waals surface area contributed by atoms with E-state index in [2.05, 4.69) is 47.7 Å². The molecule has 3 nitrogen and oxygen atoms in total. The number of aromatic nitrogens is 1. The second-order valence-electron chi connectivity index (χ2n) is 6.15. The van der Waals surface area contributed by atoms with Crippen molar-refractivity contribution in [3.05, 3.63) is 35.5 Å². The minimum atomic E-state index is 0.484. The quantitative estimate of drug-likeness (QED) is 0.926. The molecule has 1 aromatic heterocycles. The highest BCUT2D eigenvalue weighted by Crippen LogP contribution is 2.29. The summed E-state index contributed by atoms with van der Waals surface area (Å²) in [6.07, 6.45) is 5.02. The van der Waals surface area contributed by atoms with Crippen molar-refractivity contribution >= 4 is 10.9 Å². The van der Waals surface area contributed by atoms with Gasteiger partial charge in [-0.1, -0.05) is 12.1 Å². The zero-order valence-corrected chi connectivity index (χ0v) is 12.6. The lowest BCUT2D eigenvalue weighted by Gasteiger charge is -2.14. The van der Waals surface area contributed by atoms with Gasteiger partial charge in [-0.2, -0.15) is 0 Å². The van der Waals surface area contributed by atoms with Gasteiger partial charge in [0.05, 0.1) is 0 Å². The molecule has 1 aliphatic heterocycles. The molecule has 0 radical (unpaired) electrons. The van der Waals surface area contributed by atoms with E-state index in [1.807, 2.05) is 0 Å². The fraction of sp³-hybridized carbons (Fsp3) is 0.529. The average Bonchev–Trinajstić information content (AvgIpc) is 3.07. The van der Waals surface area contributed by atoms with Crippen LogP contribution in [0.5, 0.6) is 0 Å². The molecule has 3 rings (SSSR count). The van der Waals surface area contributed by atoms with Crippen LogP contribution in [0.2, 0.25) is 0 Å². The molecule has 0 amide bonds. The Morgan fingerprint density at radius 3 is 2.55 bits per heavy atom. The minimum absolute atomic E-state index is 0.484. The van der Waals surface area contributed by atoms with Gasteiger partial charge in [-0.05, 0) is 57.0 Å². The zero-order chi connectivity index (χ0) is 14.1. The van der Waals surface area contributed by atoms with Crippen LogP contribution in [-0.4, -0.2) is 22.6 Å². The molecule has 1 saturated heterocycles. The van der Waals surface area contributed by atoms with Gasteiger partial charge in [0.2, 0.25) is 0 Å². The topological polar surface area (TPSA) is 34.2 Å². The highest BCUT2D eigenvalue weighted by molar-refractivity contribution is 5.87. The van der Waals surface area contributed by atoms with E-state index < -0.39 is 0 Å². The van der Waals surface area contributed by atoms with Crippen LogP contribution in [0, 0.1) is 0 Å². The molecule has 0 bridgehead atoms. The molecule has 0 spiro atoms. The molecular formula is C17H25N3. The average molecular weight is 271 g/mol. The first-order chi connectivity index (χ1) is 9.70. The molecule has 0 aliphatic carbocycles. The molecule has 1 aromatic carbocycles. The van der Waals surface area contributed by atoms with E-state index in [0.717, 1.165) is 6.54 Å². The molecule has 20 heavy (non-hydrogen) atoms. The summed E-state index contributed by atoms with van der Waals surface area (Å²) in [6, 6.07) is 7.00. The van der Waals surface area contributed by atoms with Gasteiger partial charge in [-0.15, -0.1) is 0 Å². The van der Waals surface area contributed by atoms with Crippen molar-refractivity contribution < 1.29 is 0 Å². The molecule has 1 aliphatic rings. The van der Waals surface area contributed by atoms with E-state index in [1.54, 1.807) is 0 Å². The van der Waals surface area contributed by atoms with Gasteiger partial charge in [-0.3, -0.25) is 4.90 Å². The van der Waals surface area contributed by atoms with Crippen molar-refractivity contribution in [2.45, 2.75) is 45.8 Å². The predicted octanol–water partition coefficient (Wildman–Crippen LogP) is 3.28. The monoisotopic (exact) mass is 271 g/mol. The van der Waals surface area contributed by atoms with Gasteiger partial charge >= 0.3 is 0 Å². The Labute approximate surface area is 121 Å². The van der Waals surface area contributed by atoms with E-state index in [4.69, 9.17) is 5.73 Å². The van der Waals surface area contributed by atoms with E-state index in [-0.39, 0.29) is 0 Å². The summed E-state index contributed by atoms with van der Waals surface area (Å²) in [5, 5.41) is 1.38. The number of nitrogens with zero attached hydrogens (tertiary/aromatic N) is 2. The van der Waals surface area contributed by atoms with E-state index in [1.165, 1.54) is 48.0 Å². The van der Waals surface area contributed by atoms with Crippen LogP contribution in [0.3, 0.4) is 0 Å². The number of likely N-dealkylation sites (tertiary alicyclic amines) is 1. The van der Waals surface area contributed by atoms with Gasteiger partial charge in [0.25, 0.3) is 0 Å². The fourth-order valence-electron chi connectivity index (χ4n) is 3.37. The van der Waals surface area contributed by atoms with Crippen LogP contribution in [0.1, 0.15) is 43.9 Å². The summed E-state index contributed by atoms with van der Waals surface area (Å²) < 4.78 is 2.39. The molecule has 2 aromatic rings. The van der Waals surface area contributed by atoms with Crippen molar-refractivity contribution in [2.75, 3.05) is 13.1 Å². The lowest BCUT2D eigenvalue weighted by molar-refractivity contribution is 0.332. The van der Waals surface area contributed by atoms with Crippen molar-refractivity contribution in [1.29, 1.82) is 0 Å². The molecule has 3 heteroatoms. The summed E-state index contributed by atoms with van der Waals surface area (Å²) in [6.45, 7) is 8.64. The third kappa shape index (κ3) is 2.36. The molecule has 0 atom stereocenters. The third-order valence-electron chi connectivity index (χ3n) is 4.39. The lowest BCUT2D eigenvalue weighted by atomic mass is 10.1. The Kier molecular flexibility index (Phi) is 3.81. The minimum Gasteiger partial charge on any atom is -0.345 e. The van der Waals surface area contributed by atoms with Crippen LogP contribution in [0.4, 0.5) is 0 Å². The zero-order valence-electron chi connectivity index (χ0n) is 12.6. The highest BCUT2D eigenvalue weighted by atomic mass is 15.1. The Balaban J connectivity index is 2.09. The number of hydrogen-bond acceptors (Lipinski definition) is 2. The Hall–Kier alpha value is -1.32. The lowest BCUT2D eigenvalue weighted by Crippen LogP contribution is -2.18. The maximum absolute atomic E-state index is 5.96. The molecule has 1 fully saturated rings. The van der Waals surface area contributed by atoms with Gasteiger partial charge in [0.1, 0.15) is 0 Å². The molecule has 0 unspecified atom stereocenters. The third-order valence-corrected chi connectivity index (χ3v) is 4.39. The second kappa shape index (κ2) is 5.58. The maximum Gasteiger partial charge on any atom is 0.0489 e. The van der Waals surface area contributed by atoms with Gasteiger partial charge < -0.3 is 10.3 Å². The molecular weight excluding hydrogens is 246 g/mol. The SMILES string of the molecule is CC(C)n1cc(CN2CCCC2)c2c(CN)cccc21. The summed E-state index contributed by atoms with van der Waals surface area (Å²) in [5.74, 6) is 0. The van der Waals surface area contributed by atoms with Crippen LogP contribution in [0.25, 0.3) is 10.9 Å². The first kappa shape index (κ1) is 13.7. The van der Waals surface area contributed by atoms with Crippen LogP contribution in [-0.2, 0) is 13.1 Å². The molecule has 2 N–H and O–H groups in total. The first-order valence-electron chi connectivity index (χ1n) is 7.74. The smallest absolute Gasteiger partial charge is 0.0489 e. The normalized spacial score (nSPS) is 16.6. The van der Waals surface area contributed by atoms with Crippen molar-refractivity contribution in [3.8, 4) is 0 Å². The van der Waals surface area contributed by atoms with Crippen LogP contribution < -0.4 is 5.73 Å². The largest absolute Gasteiger partial charge is 0.345 e. The molecule has 108 valence electrons. The Morgan fingerprint density at radius 1 is 1.15 bits per heavy atom. The van der Waals surface area contributed by atoms with Crippen molar-refractivity contribution in [3.63, 3.8) is 0 Å². The predicted molar refractivity (Wildman–Crippen MR) is 84.7 cm³/mol. The van der Waals surface area contributed by atoms with Crippen molar-refractivity contribution in [2.24, 2.45) is 5.73 Å². The van der Waals surface area contributed by atoms with Gasteiger partial charge in [-0.25, -0.2) is 0 Å². The van der Waals surface area contributed by atoms with Crippen LogP contribution in [0.15, 0.2) is 24.4 Å². The Bertz CT molecular complexity index is 592. The van der Waals surface area contributed by atoms with Crippen molar-refractivity contribution in [1.82, 2.24) is 9.47 Å². The fourth-order valence-corrected chi connectivity index (χ4v) is 3.37. The second-order valence-corrected chi connectivity index (χ2v) is 6.15. The number of rotatable bonds is 4. The van der Waals surface area contributed by atoms with E-state index in [9.17, 15) is 0 Å². The highest BCUT2D eigenvalue weighted by Gasteiger charge is 2.17. The van der Waals surface area contributed by atoms with Gasteiger partial charge in [0, 0.05) is 36.2 Å². The van der Waals surface area contributed by atoms with Gasteiger partial charge in [0.15, 0.2) is 0 Å². The summed E-state index contributed by atoms with van der Waals surface area (Å²) >= 11 is 0. The molecule has 0 saturated carbocycles. The van der Waals surface area contributed by atoms with E-state index >= 15 is 0 Å². The summed E-state index contributed by atoms with van der Waals surface area (Å²) in [7, 11) is 0. The standard InChI is InChI=1S/C17H25N3/c1-13(2)20-12-15(11-19-8-3-4-9-19)17-14(10-18)6-5-7-16(17)20/h5-7,12-13H,3-4,8-11,18H2,1-2H3. The number of hydrogen-bond donors (Lipinski definition) is 1. The first-order valence-corrected chi connectivity index (χ1v) is 7.74. The molecule has 2 heterocycles. The summed E-state index contributed by atoms with van der Waals surface area (Å²) in [5.41, 5.74) is 10.0. The number of fused-ring (bicyclic) bond motifs is 1. The number of nitrogens with two attached hydrogens (primary N) is 1. The van der Waals surface area contributed by atoms with Crippen LogP contribution >= 0.6 is 0 Å². The maximum atomic E-state index is 5.96. The van der Waals surface area contributed by atoms with E-state index in [0.29, 0.717) is 12.6 Å².